The molecule has 2 aromatic carbocycles. The summed E-state index contributed by atoms with van der Waals surface area (Å²) in [4.78, 5) is 39.5. The number of amides is 3. The van der Waals surface area contributed by atoms with Gasteiger partial charge in [-0.2, -0.15) is 0 Å². The molecule has 0 saturated carbocycles. The zero-order chi connectivity index (χ0) is 23.5. The lowest BCUT2D eigenvalue weighted by Crippen LogP contribution is -2.48. The molecule has 1 aliphatic rings. The Labute approximate surface area is 195 Å². The van der Waals surface area contributed by atoms with E-state index in [0.29, 0.717) is 6.54 Å². The first-order valence-corrected chi connectivity index (χ1v) is 12.4. The Balaban J connectivity index is 1.78. The Hall–Kier alpha value is -2.72. The van der Waals surface area contributed by atoms with E-state index in [1.54, 1.807) is 26.0 Å². The maximum atomic E-state index is 13.1. The summed E-state index contributed by atoms with van der Waals surface area (Å²) in [6.45, 7) is 3.70. The third-order valence-electron chi connectivity index (χ3n) is 5.23. The summed E-state index contributed by atoms with van der Waals surface area (Å²) in [6, 6.07) is 12.5. The van der Waals surface area contributed by atoms with Crippen LogP contribution in [0.25, 0.3) is 0 Å². The van der Waals surface area contributed by atoms with Crippen LogP contribution >= 0.6 is 15.9 Å². The van der Waals surface area contributed by atoms with Crippen molar-refractivity contribution in [1.82, 2.24) is 14.5 Å². The minimum Gasteiger partial charge on any atom is -0.355 e. The van der Waals surface area contributed by atoms with Gasteiger partial charge in [0, 0.05) is 30.5 Å². The molecular weight excluding hydrogens is 498 g/mol. The molecule has 1 atom stereocenters. The first-order chi connectivity index (χ1) is 15.2. The topological polar surface area (TPSA) is 104 Å². The summed E-state index contributed by atoms with van der Waals surface area (Å²) in [5.41, 5.74) is 0.914. The number of carbonyl (C=O) groups excluding carboxylic acids is 3. The molecule has 0 spiro atoms. The minimum atomic E-state index is -4.00. The zero-order valence-electron chi connectivity index (χ0n) is 17.7. The Morgan fingerprint density at radius 3 is 2.41 bits per heavy atom. The number of fused-ring (bicyclic) bond motifs is 1. The molecular formula is C22H24BrN3O5S. The van der Waals surface area contributed by atoms with E-state index in [0.717, 1.165) is 14.3 Å². The van der Waals surface area contributed by atoms with Gasteiger partial charge < -0.3 is 10.2 Å². The van der Waals surface area contributed by atoms with Crippen molar-refractivity contribution in [2.45, 2.75) is 37.8 Å². The lowest BCUT2D eigenvalue weighted by molar-refractivity contribution is -0.140. The van der Waals surface area contributed by atoms with Crippen LogP contribution in [-0.4, -0.2) is 54.5 Å². The van der Waals surface area contributed by atoms with Crippen molar-refractivity contribution in [2.75, 3.05) is 13.1 Å². The summed E-state index contributed by atoms with van der Waals surface area (Å²) in [7, 11) is -4.00. The number of likely N-dealkylation sites (N-methyl/N-ethyl adjacent to an activating group) is 1. The molecule has 170 valence electrons. The van der Waals surface area contributed by atoms with E-state index in [4.69, 9.17) is 0 Å². The van der Waals surface area contributed by atoms with Crippen LogP contribution in [0.4, 0.5) is 0 Å². The van der Waals surface area contributed by atoms with E-state index >= 15 is 0 Å². The molecule has 3 rings (SSSR count). The summed E-state index contributed by atoms with van der Waals surface area (Å²) in [5.74, 6) is -1.38. The van der Waals surface area contributed by atoms with Crippen LogP contribution in [0.1, 0.15) is 36.2 Å². The maximum absolute atomic E-state index is 13.1. The van der Waals surface area contributed by atoms with Gasteiger partial charge >= 0.3 is 0 Å². The summed E-state index contributed by atoms with van der Waals surface area (Å²) < 4.78 is 27.1. The minimum absolute atomic E-state index is 0.0557. The number of nitrogens with zero attached hydrogens (tertiary/aromatic N) is 2. The van der Waals surface area contributed by atoms with Crippen LogP contribution in [0, 0.1) is 0 Å². The predicted octanol–water partition coefficient (Wildman–Crippen LogP) is 2.54. The highest BCUT2D eigenvalue weighted by Crippen LogP contribution is 2.30. The number of carbonyl (C=O) groups is 3. The van der Waals surface area contributed by atoms with Crippen molar-refractivity contribution in [3.63, 3.8) is 0 Å². The highest BCUT2D eigenvalue weighted by molar-refractivity contribution is 9.10. The van der Waals surface area contributed by atoms with Gasteiger partial charge in [-0.25, -0.2) is 12.7 Å². The molecule has 0 bridgehead atoms. The largest absolute Gasteiger partial charge is 0.355 e. The molecule has 1 aliphatic heterocycles. The van der Waals surface area contributed by atoms with Crippen molar-refractivity contribution >= 4 is 43.7 Å². The zero-order valence-corrected chi connectivity index (χ0v) is 20.1. The smallest absolute Gasteiger partial charge is 0.269 e. The van der Waals surface area contributed by atoms with E-state index in [2.05, 4.69) is 21.2 Å². The standard InChI is InChI=1S/C22H24BrN3O5S/c1-3-24-21(28)15(2)25(14-16-8-10-17(23)11-9-16)20(27)12-13-26-22(29)18-6-4-5-7-19(18)32(26,30)31/h4-11,15H,3,12-14H2,1-2H3,(H,24,28)/t15-/m0/s1. The average molecular weight is 522 g/mol. The van der Waals surface area contributed by atoms with Crippen LogP contribution < -0.4 is 5.32 Å². The van der Waals surface area contributed by atoms with E-state index < -0.39 is 27.9 Å². The van der Waals surface area contributed by atoms with Gasteiger partial charge in [-0.3, -0.25) is 14.4 Å². The molecule has 0 unspecified atom stereocenters. The number of benzene rings is 2. The van der Waals surface area contributed by atoms with Crippen molar-refractivity contribution in [3.8, 4) is 0 Å². The van der Waals surface area contributed by atoms with E-state index in [-0.39, 0.29) is 35.9 Å². The second-order valence-corrected chi connectivity index (χ2v) is 10.1. The molecule has 1 N–H and O–H groups in total. The van der Waals surface area contributed by atoms with Gasteiger partial charge in [0.15, 0.2) is 0 Å². The number of rotatable bonds is 8. The number of halogens is 1. The van der Waals surface area contributed by atoms with E-state index in [9.17, 15) is 22.8 Å². The van der Waals surface area contributed by atoms with E-state index in [1.807, 2.05) is 24.3 Å². The van der Waals surface area contributed by atoms with Gasteiger partial charge in [0.25, 0.3) is 15.9 Å². The lowest BCUT2D eigenvalue weighted by atomic mass is 10.1. The average Bonchev–Trinajstić information content (AvgIpc) is 2.97. The molecule has 8 nitrogen and oxygen atoms in total. The van der Waals surface area contributed by atoms with Gasteiger partial charge in [0.2, 0.25) is 11.8 Å². The van der Waals surface area contributed by atoms with Crippen molar-refractivity contribution in [2.24, 2.45) is 0 Å². The Morgan fingerprint density at radius 2 is 1.78 bits per heavy atom. The van der Waals surface area contributed by atoms with Crippen molar-refractivity contribution < 1.29 is 22.8 Å². The lowest BCUT2D eigenvalue weighted by Gasteiger charge is -2.29. The molecule has 0 saturated heterocycles. The normalized spacial score (nSPS) is 15.2. The first kappa shape index (κ1) is 23.9. The van der Waals surface area contributed by atoms with Crippen LogP contribution in [0.3, 0.4) is 0 Å². The molecule has 0 aliphatic carbocycles. The van der Waals surface area contributed by atoms with Crippen molar-refractivity contribution in [3.05, 3.63) is 64.1 Å². The highest BCUT2D eigenvalue weighted by Gasteiger charge is 2.41. The maximum Gasteiger partial charge on any atom is 0.269 e. The number of sulfonamides is 1. The van der Waals surface area contributed by atoms with Crippen LogP contribution in [-0.2, 0) is 26.2 Å². The molecule has 2 aromatic rings. The Morgan fingerprint density at radius 1 is 1.12 bits per heavy atom. The molecule has 0 fully saturated rings. The quantitative estimate of drug-likeness (QED) is 0.574. The van der Waals surface area contributed by atoms with Crippen molar-refractivity contribution in [1.29, 1.82) is 0 Å². The van der Waals surface area contributed by atoms with Gasteiger partial charge in [0.1, 0.15) is 10.9 Å². The second kappa shape index (κ2) is 9.83. The number of hydrogen-bond donors (Lipinski definition) is 1. The summed E-state index contributed by atoms with van der Waals surface area (Å²) in [6.07, 6.45) is -0.237. The molecule has 32 heavy (non-hydrogen) atoms. The van der Waals surface area contributed by atoms with Crippen LogP contribution in [0.5, 0.6) is 0 Å². The third-order valence-corrected chi connectivity index (χ3v) is 7.59. The molecule has 10 heteroatoms. The summed E-state index contributed by atoms with van der Waals surface area (Å²) in [5, 5.41) is 2.70. The fourth-order valence-electron chi connectivity index (χ4n) is 3.48. The molecule has 1 heterocycles. The van der Waals surface area contributed by atoms with Crippen LogP contribution in [0.2, 0.25) is 0 Å². The SMILES string of the molecule is CCNC(=O)[C@H](C)N(Cc1ccc(Br)cc1)C(=O)CCN1C(=O)c2ccccc2S1(=O)=O. The monoisotopic (exact) mass is 521 g/mol. The fourth-order valence-corrected chi connectivity index (χ4v) is 5.32. The summed E-state index contributed by atoms with van der Waals surface area (Å²) >= 11 is 3.37. The predicted molar refractivity (Wildman–Crippen MR) is 122 cm³/mol. The van der Waals surface area contributed by atoms with Gasteiger partial charge in [-0.1, -0.05) is 40.2 Å². The Kier molecular flexibility index (Phi) is 7.35. The number of hydrogen-bond acceptors (Lipinski definition) is 5. The molecule has 3 amide bonds. The molecule has 0 aromatic heterocycles. The first-order valence-electron chi connectivity index (χ1n) is 10.1. The van der Waals surface area contributed by atoms with Gasteiger partial charge in [0.05, 0.1) is 5.56 Å². The number of nitrogens with one attached hydrogen (secondary N) is 1. The van der Waals surface area contributed by atoms with Gasteiger partial charge in [-0.15, -0.1) is 0 Å². The molecule has 0 radical (unpaired) electrons. The third kappa shape index (κ3) is 4.86. The van der Waals surface area contributed by atoms with E-state index in [1.165, 1.54) is 17.0 Å². The highest BCUT2D eigenvalue weighted by atomic mass is 79.9. The van der Waals surface area contributed by atoms with Gasteiger partial charge in [-0.05, 0) is 43.7 Å². The second-order valence-electron chi connectivity index (χ2n) is 7.35. The fraction of sp³-hybridized carbons (Fsp3) is 0.318. The Bertz CT molecular complexity index is 1130. The van der Waals surface area contributed by atoms with Crippen LogP contribution in [0.15, 0.2) is 57.9 Å².